The van der Waals surface area contributed by atoms with Gasteiger partial charge in [-0.15, -0.1) is 0 Å². The minimum atomic E-state index is -0.229. The summed E-state index contributed by atoms with van der Waals surface area (Å²) < 4.78 is 1.58. The van der Waals surface area contributed by atoms with Crippen LogP contribution < -0.4 is 10.5 Å². The molecule has 7 heteroatoms. The number of aromatic nitrogens is 3. The van der Waals surface area contributed by atoms with Gasteiger partial charge >= 0.3 is 0 Å². The molecule has 0 N–H and O–H groups in total. The summed E-state index contributed by atoms with van der Waals surface area (Å²) in [6.45, 7) is 6.53. The average Bonchev–Trinajstić information content (AvgIpc) is 2.64. The second-order valence-electron chi connectivity index (χ2n) is 6.53. The smallest absolute Gasteiger partial charge is 0.263 e. The molecule has 1 saturated heterocycles. The van der Waals surface area contributed by atoms with Crippen LogP contribution >= 0.6 is 0 Å². The monoisotopic (exact) mass is 341 g/mol. The molecule has 1 aliphatic rings. The van der Waals surface area contributed by atoms with E-state index in [1.807, 2.05) is 19.9 Å². The van der Waals surface area contributed by atoms with Crippen molar-refractivity contribution in [1.82, 2.24) is 19.4 Å². The zero-order chi connectivity index (χ0) is 18.0. The summed E-state index contributed by atoms with van der Waals surface area (Å²) in [5.74, 6) is 0.846. The summed E-state index contributed by atoms with van der Waals surface area (Å²) in [5.41, 5.74) is 0.932. The molecule has 0 spiro atoms. The highest BCUT2D eigenvalue weighted by molar-refractivity contribution is 5.94. The molecule has 0 unspecified atom stereocenters. The molecule has 2 aromatic rings. The zero-order valence-corrected chi connectivity index (χ0v) is 14.8. The van der Waals surface area contributed by atoms with Crippen molar-refractivity contribution in [3.8, 4) is 0 Å². The summed E-state index contributed by atoms with van der Waals surface area (Å²) in [4.78, 5) is 37.5. The Bertz CT molecular complexity index is 808. The van der Waals surface area contributed by atoms with Gasteiger partial charge in [-0.3, -0.25) is 14.6 Å². The molecule has 1 fully saturated rings. The highest BCUT2D eigenvalue weighted by Gasteiger charge is 2.25. The van der Waals surface area contributed by atoms with Gasteiger partial charge in [0.25, 0.3) is 11.5 Å². The Morgan fingerprint density at radius 1 is 1.12 bits per heavy atom. The lowest BCUT2D eigenvalue weighted by Gasteiger charge is -2.35. The molecule has 1 aliphatic heterocycles. The van der Waals surface area contributed by atoms with E-state index >= 15 is 0 Å². The van der Waals surface area contributed by atoms with E-state index in [0.717, 1.165) is 11.5 Å². The van der Waals surface area contributed by atoms with Crippen molar-refractivity contribution in [2.45, 2.75) is 19.8 Å². The molecule has 25 heavy (non-hydrogen) atoms. The van der Waals surface area contributed by atoms with Gasteiger partial charge in [-0.2, -0.15) is 0 Å². The molecular weight excluding hydrogens is 318 g/mol. The minimum Gasteiger partial charge on any atom is -0.352 e. The number of anilines is 1. The summed E-state index contributed by atoms with van der Waals surface area (Å²) >= 11 is 0. The molecule has 0 bridgehead atoms. The number of carbonyl (C=O) groups is 1. The first kappa shape index (κ1) is 17.1. The topological polar surface area (TPSA) is 71.3 Å². The predicted molar refractivity (Wildman–Crippen MR) is 95.9 cm³/mol. The molecule has 2 aromatic heterocycles. The van der Waals surface area contributed by atoms with E-state index < -0.39 is 0 Å². The van der Waals surface area contributed by atoms with Crippen molar-refractivity contribution in [3.05, 3.63) is 52.3 Å². The highest BCUT2D eigenvalue weighted by atomic mass is 16.2. The van der Waals surface area contributed by atoms with E-state index in [0.29, 0.717) is 26.2 Å². The van der Waals surface area contributed by atoms with Crippen LogP contribution in [0.5, 0.6) is 0 Å². The van der Waals surface area contributed by atoms with Crippen molar-refractivity contribution < 1.29 is 4.79 Å². The Morgan fingerprint density at radius 3 is 2.44 bits per heavy atom. The Labute approximate surface area is 146 Å². The molecular formula is C18H23N5O2. The number of carbonyl (C=O) groups excluding carboxylic acids is 1. The van der Waals surface area contributed by atoms with Crippen LogP contribution in [0.25, 0.3) is 0 Å². The molecule has 0 aromatic carbocycles. The maximum Gasteiger partial charge on any atom is 0.263 e. The van der Waals surface area contributed by atoms with Crippen LogP contribution in [0.1, 0.15) is 35.8 Å². The third-order valence-electron chi connectivity index (χ3n) is 4.61. The zero-order valence-electron chi connectivity index (χ0n) is 14.8. The number of rotatable bonds is 3. The number of piperazine rings is 1. The second-order valence-corrected chi connectivity index (χ2v) is 6.53. The second kappa shape index (κ2) is 7.04. The fourth-order valence-electron chi connectivity index (χ4n) is 3.16. The molecule has 0 saturated carbocycles. The SMILES string of the molecule is CC(C)c1ccc(C(=O)N2CCN(c3cnccn3)CC2)c(=O)n1C. The van der Waals surface area contributed by atoms with E-state index in [-0.39, 0.29) is 22.9 Å². The number of pyridine rings is 1. The lowest BCUT2D eigenvalue weighted by Crippen LogP contribution is -2.50. The fraction of sp³-hybridized carbons (Fsp3) is 0.444. The van der Waals surface area contributed by atoms with Crippen molar-refractivity contribution in [1.29, 1.82) is 0 Å². The van der Waals surface area contributed by atoms with Crippen molar-refractivity contribution in [2.75, 3.05) is 31.1 Å². The Hall–Kier alpha value is -2.70. The summed E-state index contributed by atoms with van der Waals surface area (Å²) in [6.07, 6.45) is 5.02. The largest absolute Gasteiger partial charge is 0.352 e. The van der Waals surface area contributed by atoms with Gasteiger partial charge in [0, 0.05) is 51.3 Å². The van der Waals surface area contributed by atoms with Crippen LogP contribution in [0.15, 0.2) is 35.5 Å². The van der Waals surface area contributed by atoms with E-state index in [1.54, 1.807) is 41.2 Å². The third kappa shape index (κ3) is 3.40. The first-order chi connectivity index (χ1) is 12.0. The van der Waals surface area contributed by atoms with Crippen LogP contribution in [0.4, 0.5) is 5.82 Å². The molecule has 0 aliphatic carbocycles. The number of hydrogen-bond donors (Lipinski definition) is 0. The minimum absolute atomic E-state index is 0.199. The molecule has 3 heterocycles. The van der Waals surface area contributed by atoms with Gasteiger partial charge in [-0.25, -0.2) is 4.98 Å². The maximum atomic E-state index is 12.8. The van der Waals surface area contributed by atoms with Crippen LogP contribution in [0, 0.1) is 0 Å². The van der Waals surface area contributed by atoms with Crippen LogP contribution in [0.3, 0.4) is 0 Å². The highest BCUT2D eigenvalue weighted by Crippen LogP contribution is 2.15. The van der Waals surface area contributed by atoms with Gasteiger partial charge in [0.15, 0.2) is 0 Å². The van der Waals surface area contributed by atoms with Gasteiger partial charge in [0.05, 0.1) is 6.20 Å². The number of nitrogens with zero attached hydrogens (tertiary/aromatic N) is 5. The third-order valence-corrected chi connectivity index (χ3v) is 4.61. The van der Waals surface area contributed by atoms with Crippen molar-refractivity contribution in [3.63, 3.8) is 0 Å². The van der Waals surface area contributed by atoms with Crippen molar-refractivity contribution in [2.24, 2.45) is 7.05 Å². The number of amides is 1. The lowest BCUT2D eigenvalue weighted by atomic mass is 10.1. The molecule has 132 valence electrons. The quantitative estimate of drug-likeness (QED) is 0.840. The van der Waals surface area contributed by atoms with E-state index in [9.17, 15) is 9.59 Å². The molecule has 0 atom stereocenters. The Kier molecular flexibility index (Phi) is 4.83. The van der Waals surface area contributed by atoms with Gasteiger partial charge in [0.1, 0.15) is 11.4 Å². The van der Waals surface area contributed by atoms with E-state index in [2.05, 4.69) is 14.9 Å². The van der Waals surface area contributed by atoms with Crippen LogP contribution in [-0.4, -0.2) is 51.5 Å². The number of hydrogen-bond acceptors (Lipinski definition) is 5. The summed E-state index contributed by atoms with van der Waals surface area (Å²) in [5, 5.41) is 0. The first-order valence-corrected chi connectivity index (χ1v) is 8.49. The van der Waals surface area contributed by atoms with E-state index in [4.69, 9.17) is 0 Å². The molecule has 3 rings (SSSR count). The summed E-state index contributed by atoms with van der Waals surface area (Å²) in [6, 6.07) is 3.53. The van der Waals surface area contributed by atoms with Gasteiger partial charge in [-0.1, -0.05) is 13.8 Å². The Balaban J connectivity index is 1.73. The lowest BCUT2D eigenvalue weighted by molar-refractivity contribution is 0.0744. The summed E-state index contributed by atoms with van der Waals surface area (Å²) in [7, 11) is 1.72. The predicted octanol–water partition coefficient (Wildman–Crippen LogP) is 1.26. The van der Waals surface area contributed by atoms with Crippen LogP contribution in [0.2, 0.25) is 0 Å². The molecule has 0 radical (unpaired) electrons. The van der Waals surface area contributed by atoms with Gasteiger partial charge in [0.2, 0.25) is 0 Å². The first-order valence-electron chi connectivity index (χ1n) is 8.49. The average molecular weight is 341 g/mol. The standard InChI is InChI=1S/C18H23N5O2/c1-13(2)15-5-4-14(17(24)21(15)3)18(25)23-10-8-22(9-11-23)16-12-19-6-7-20-16/h4-7,12-13H,8-11H2,1-3H3. The van der Waals surface area contributed by atoms with Gasteiger partial charge < -0.3 is 14.4 Å². The van der Waals surface area contributed by atoms with Crippen LogP contribution in [-0.2, 0) is 7.05 Å². The maximum absolute atomic E-state index is 12.8. The van der Waals surface area contributed by atoms with Crippen molar-refractivity contribution >= 4 is 11.7 Å². The van der Waals surface area contributed by atoms with E-state index in [1.165, 1.54) is 0 Å². The fourth-order valence-corrected chi connectivity index (χ4v) is 3.16. The Morgan fingerprint density at radius 2 is 1.84 bits per heavy atom. The molecule has 7 nitrogen and oxygen atoms in total. The van der Waals surface area contributed by atoms with Gasteiger partial charge in [-0.05, 0) is 18.1 Å². The normalized spacial score (nSPS) is 14.9. The molecule has 1 amide bonds.